The van der Waals surface area contributed by atoms with E-state index in [0.29, 0.717) is 30.7 Å². The van der Waals surface area contributed by atoms with Crippen LogP contribution in [0, 0.1) is 24.0 Å². The second kappa shape index (κ2) is 12.0. The molecule has 1 atom stereocenters. The van der Waals surface area contributed by atoms with Crippen molar-refractivity contribution in [2.45, 2.75) is 39.3 Å². The first-order chi connectivity index (χ1) is 18.6. The highest BCUT2D eigenvalue weighted by molar-refractivity contribution is 5.95. The van der Waals surface area contributed by atoms with Crippen molar-refractivity contribution in [2.75, 3.05) is 32.6 Å². The van der Waals surface area contributed by atoms with Gasteiger partial charge in [-0.15, -0.1) is 0 Å². The summed E-state index contributed by atoms with van der Waals surface area (Å²) in [6.07, 6.45) is 0.861. The molecule has 3 aromatic carbocycles. The maximum absolute atomic E-state index is 13.7. The zero-order chi connectivity index (χ0) is 28.1. The number of anilines is 1. The highest BCUT2D eigenvalue weighted by atomic mass is 16.6. The summed E-state index contributed by atoms with van der Waals surface area (Å²) in [4.78, 5) is 39.9. The van der Waals surface area contributed by atoms with Crippen molar-refractivity contribution in [2.24, 2.45) is 0 Å². The average molecular weight is 531 g/mol. The number of ether oxygens (including phenoxy) is 1. The number of amides is 2. The van der Waals surface area contributed by atoms with Crippen LogP contribution in [0.2, 0.25) is 0 Å². The summed E-state index contributed by atoms with van der Waals surface area (Å²) < 4.78 is 5.77. The van der Waals surface area contributed by atoms with Crippen LogP contribution in [0.3, 0.4) is 0 Å². The third-order valence-electron chi connectivity index (χ3n) is 6.83. The van der Waals surface area contributed by atoms with E-state index in [1.165, 1.54) is 11.0 Å². The van der Waals surface area contributed by atoms with Gasteiger partial charge in [-0.05, 0) is 55.7 Å². The molecule has 0 saturated carbocycles. The fourth-order valence-electron chi connectivity index (χ4n) is 4.84. The number of non-ortho nitro benzene ring substituents is 1. The number of nitro benzene ring substituents is 1. The van der Waals surface area contributed by atoms with Gasteiger partial charge in [0.05, 0.1) is 24.0 Å². The van der Waals surface area contributed by atoms with E-state index in [1.807, 2.05) is 56.3 Å². The van der Waals surface area contributed by atoms with E-state index in [4.69, 9.17) is 4.74 Å². The van der Waals surface area contributed by atoms with E-state index < -0.39 is 4.92 Å². The molecule has 0 aliphatic carbocycles. The summed E-state index contributed by atoms with van der Waals surface area (Å²) >= 11 is 0. The van der Waals surface area contributed by atoms with Crippen LogP contribution in [-0.2, 0) is 17.8 Å². The summed E-state index contributed by atoms with van der Waals surface area (Å²) in [5.74, 6) is 0.546. The van der Waals surface area contributed by atoms with Gasteiger partial charge in [-0.2, -0.15) is 0 Å². The Bertz CT molecular complexity index is 1370. The van der Waals surface area contributed by atoms with Crippen LogP contribution in [0.15, 0.2) is 60.7 Å². The van der Waals surface area contributed by atoms with Crippen molar-refractivity contribution in [1.29, 1.82) is 0 Å². The number of aryl methyl sites for hydroxylation is 2. The van der Waals surface area contributed by atoms with Crippen molar-refractivity contribution in [3.8, 4) is 5.75 Å². The quantitative estimate of drug-likeness (QED) is 0.316. The van der Waals surface area contributed by atoms with E-state index in [9.17, 15) is 19.7 Å². The number of fused-ring (bicyclic) bond motifs is 1. The third kappa shape index (κ3) is 6.93. The number of carbonyl (C=O) groups is 2. The molecule has 0 bridgehead atoms. The van der Waals surface area contributed by atoms with E-state index >= 15 is 0 Å². The highest BCUT2D eigenvalue weighted by Gasteiger charge is 2.31. The van der Waals surface area contributed by atoms with Crippen LogP contribution in [0.5, 0.6) is 5.75 Å². The van der Waals surface area contributed by atoms with E-state index in [2.05, 4.69) is 5.32 Å². The number of benzene rings is 3. The Morgan fingerprint density at radius 3 is 2.49 bits per heavy atom. The van der Waals surface area contributed by atoms with Crippen LogP contribution >= 0.6 is 0 Å². The Balaban J connectivity index is 1.52. The lowest BCUT2D eigenvalue weighted by Crippen LogP contribution is -2.47. The molecule has 0 fully saturated rings. The number of hydrogen-bond acceptors (Lipinski definition) is 6. The predicted molar refractivity (Wildman–Crippen MR) is 150 cm³/mol. The molecule has 1 unspecified atom stereocenters. The molecule has 0 spiro atoms. The summed E-state index contributed by atoms with van der Waals surface area (Å²) in [5, 5.41) is 14.8. The number of nitrogens with one attached hydrogen (secondary N) is 1. The van der Waals surface area contributed by atoms with E-state index in [1.54, 1.807) is 31.1 Å². The van der Waals surface area contributed by atoms with Crippen molar-refractivity contribution < 1.29 is 19.2 Å². The molecule has 39 heavy (non-hydrogen) atoms. The largest absolute Gasteiger partial charge is 0.493 e. The minimum atomic E-state index is -0.407. The predicted octanol–water partition coefficient (Wildman–Crippen LogP) is 4.75. The van der Waals surface area contributed by atoms with Crippen molar-refractivity contribution in [3.63, 3.8) is 0 Å². The molecule has 0 radical (unpaired) electrons. The van der Waals surface area contributed by atoms with Gasteiger partial charge in [0.1, 0.15) is 5.75 Å². The van der Waals surface area contributed by atoms with Gasteiger partial charge in [0.2, 0.25) is 5.91 Å². The summed E-state index contributed by atoms with van der Waals surface area (Å²) in [6, 6.07) is 18.0. The molecule has 1 heterocycles. The molecule has 0 saturated heterocycles. The molecular weight excluding hydrogens is 496 g/mol. The lowest BCUT2D eigenvalue weighted by Gasteiger charge is -2.37. The van der Waals surface area contributed by atoms with Gasteiger partial charge in [0, 0.05) is 56.6 Å². The molecule has 9 heteroatoms. The molecule has 1 aliphatic rings. The van der Waals surface area contributed by atoms with Gasteiger partial charge in [-0.25, -0.2) is 0 Å². The molecule has 4 rings (SSSR count). The number of nitrogens with zero attached hydrogens (tertiary/aromatic N) is 3. The van der Waals surface area contributed by atoms with Crippen molar-refractivity contribution in [1.82, 2.24) is 9.80 Å². The van der Waals surface area contributed by atoms with Crippen LogP contribution in [0.4, 0.5) is 11.4 Å². The normalized spacial score (nSPS) is 14.4. The number of hydrogen-bond donors (Lipinski definition) is 1. The summed E-state index contributed by atoms with van der Waals surface area (Å²) in [6.45, 7) is 4.98. The standard InChI is InChI=1S/C30H34N4O5/c1-20-12-21(2)14-23(13-20)30(36)33-19-24-16-26(34(37)38)9-8-22(24)15-27(33)18-31-25-6-5-7-28(17-25)39-11-10-29(35)32(3)4/h5-9,12-14,16-17,27,31H,10-11,15,18-19H2,1-4H3. The highest BCUT2D eigenvalue weighted by Crippen LogP contribution is 2.29. The Hall–Kier alpha value is -4.40. The number of nitro groups is 1. The lowest BCUT2D eigenvalue weighted by atomic mass is 9.92. The molecule has 1 N–H and O–H groups in total. The summed E-state index contributed by atoms with van der Waals surface area (Å²) in [5.41, 5.74) is 5.26. The maximum Gasteiger partial charge on any atom is 0.269 e. The number of carbonyl (C=O) groups excluding carboxylic acids is 2. The minimum Gasteiger partial charge on any atom is -0.493 e. The first kappa shape index (κ1) is 27.6. The van der Waals surface area contributed by atoms with Gasteiger partial charge in [0.15, 0.2) is 0 Å². The number of rotatable bonds is 9. The van der Waals surface area contributed by atoms with Crippen LogP contribution in [-0.4, -0.2) is 59.8 Å². The van der Waals surface area contributed by atoms with E-state index in [-0.39, 0.29) is 36.7 Å². The average Bonchev–Trinajstić information content (AvgIpc) is 2.90. The van der Waals surface area contributed by atoms with E-state index in [0.717, 1.165) is 27.9 Å². The van der Waals surface area contributed by atoms with Gasteiger partial charge < -0.3 is 19.9 Å². The smallest absolute Gasteiger partial charge is 0.269 e. The van der Waals surface area contributed by atoms with Crippen LogP contribution in [0.25, 0.3) is 0 Å². The molecular formula is C30H34N4O5. The molecule has 2 amide bonds. The first-order valence-electron chi connectivity index (χ1n) is 12.9. The third-order valence-corrected chi connectivity index (χ3v) is 6.83. The summed E-state index contributed by atoms with van der Waals surface area (Å²) in [7, 11) is 3.43. The molecule has 0 aromatic heterocycles. The Kier molecular flexibility index (Phi) is 8.49. The second-order valence-electron chi connectivity index (χ2n) is 10.2. The Morgan fingerprint density at radius 2 is 1.79 bits per heavy atom. The van der Waals surface area contributed by atoms with Gasteiger partial charge >= 0.3 is 0 Å². The maximum atomic E-state index is 13.7. The fourth-order valence-corrected chi connectivity index (χ4v) is 4.84. The topological polar surface area (TPSA) is 105 Å². The lowest BCUT2D eigenvalue weighted by molar-refractivity contribution is -0.385. The molecule has 9 nitrogen and oxygen atoms in total. The monoisotopic (exact) mass is 530 g/mol. The molecule has 204 valence electrons. The molecule has 1 aliphatic heterocycles. The first-order valence-corrected chi connectivity index (χ1v) is 12.9. The van der Waals surface area contributed by atoms with Crippen molar-refractivity contribution in [3.05, 3.63) is 98.6 Å². The SMILES string of the molecule is Cc1cc(C)cc(C(=O)N2Cc3cc([N+](=O)[O-])ccc3CC2CNc2cccc(OCCC(=O)N(C)C)c2)c1. The van der Waals surface area contributed by atoms with Crippen LogP contribution in [0.1, 0.15) is 39.0 Å². The minimum absolute atomic E-state index is 0.000698. The van der Waals surface area contributed by atoms with Crippen molar-refractivity contribution >= 4 is 23.2 Å². The second-order valence-corrected chi connectivity index (χ2v) is 10.2. The van der Waals surface area contributed by atoms with Gasteiger partial charge in [-0.1, -0.05) is 29.3 Å². The van der Waals surface area contributed by atoms with Gasteiger partial charge in [-0.3, -0.25) is 19.7 Å². The zero-order valence-corrected chi connectivity index (χ0v) is 22.8. The zero-order valence-electron chi connectivity index (χ0n) is 22.8. The van der Waals surface area contributed by atoms with Crippen LogP contribution < -0.4 is 10.1 Å². The van der Waals surface area contributed by atoms with Gasteiger partial charge in [0.25, 0.3) is 11.6 Å². The Morgan fingerprint density at radius 1 is 1.05 bits per heavy atom. The Labute approximate surface area is 228 Å². The fraction of sp³-hybridized carbons (Fsp3) is 0.333. The molecule has 3 aromatic rings.